The molecule has 0 aliphatic carbocycles. The lowest BCUT2D eigenvalue weighted by Gasteiger charge is -2.42. The summed E-state index contributed by atoms with van der Waals surface area (Å²) in [4.78, 5) is 31.9. The molecule has 1 amide bonds. The zero-order valence-electron chi connectivity index (χ0n) is 21.9. The second-order valence-electron chi connectivity index (χ2n) is 10.6. The Kier molecular flexibility index (Phi) is 7.84. The van der Waals surface area contributed by atoms with E-state index in [9.17, 15) is 27.9 Å². The monoisotopic (exact) mass is 555 g/mol. The fourth-order valence-electron chi connectivity index (χ4n) is 6.11. The van der Waals surface area contributed by atoms with E-state index in [0.29, 0.717) is 44.9 Å². The number of carbonyl (C=O) groups is 2. The van der Waals surface area contributed by atoms with Gasteiger partial charge < -0.3 is 15.0 Å². The molecular formula is C29H32F3N5O3. The third-order valence-corrected chi connectivity index (χ3v) is 8.22. The Hall–Kier alpha value is -3.86. The van der Waals surface area contributed by atoms with Gasteiger partial charge in [-0.25, -0.2) is 0 Å². The van der Waals surface area contributed by atoms with Gasteiger partial charge in [0, 0.05) is 35.8 Å². The third kappa shape index (κ3) is 5.84. The minimum absolute atomic E-state index is 0.106. The topological polar surface area (TPSA) is 113 Å². The number of piperidine rings is 2. The van der Waals surface area contributed by atoms with E-state index in [1.807, 2.05) is 12.1 Å². The van der Waals surface area contributed by atoms with E-state index in [1.165, 1.54) is 17.0 Å². The maximum absolute atomic E-state index is 13.0. The highest BCUT2D eigenvalue weighted by Crippen LogP contribution is 2.35. The number of H-pyrrole nitrogens is 1. The van der Waals surface area contributed by atoms with Crippen LogP contribution in [-0.4, -0.2) is 69.9 Å². The number of aliphatic carboxylic acids is 1. The molecule has 8 nitrogen and oxygen atoms in total. The normalized spacial score (nSPS) is 18.5. The highest BCUT2D eigenvalue weighted by atomic mass is 19.4. The summed E-state index contributed by atoms with van der Waals surface area (Å²) in [6.07, 6.45) is 0.296. The van der Waals surface area contributed by atoms with Gasteiger partial charge in [0.05, 0.1) is 5.56 Å². The molecule has 212 valence electrons. The first-order valence-corrected chi connectivity index (χ1v) is 13.5. The van der Waals surface area contributed by atoms with Gasteiger partial charge in [-0.2, -0.15) is 13.2 Å². The molecule has 2 aliphatic rings. The lowest BCUT2D eigenvalue weighted by molar-refractivity contribution is -0.147. The van der Waals surface area contributed by atoms with Gasteiger partial charge in [-0.05, 0) is 80.4 Å². The molecule has 2 aliphatic heterocycles. The molecular weight excluding hydrogens is 523 g/mol. The molecule has 11 heteroatoms. The van der Waals surface area contributed by atoms with Crippen molar-refractivity contribution in [2.75, 3.05) is 26.2 Å². The van der Waals surface area contributed by atoms with E-state index in [4.69, 9.17) is 5.41 Å². The Balaban J connectivity index is 1.15. The highest BCUT2D eigenvalue weighted by Gasteiger charge is 2.38. The minimum Gasteiger partial charge on any atom is -0.480 e. The van der Waals surface area contributed by atoms with Crippen molar-refractivity contribution in [2.45, 2.75) is 43.8 Å². The number of fused-ring (bicyclic) bond motifs is 1. The Bertz CT molecular complexity index is 1390. The Morgan fingerprint density at radius 1 is 1.00 bits per heavy atom. The average molecular weight is 556 g/mol. The number of rotatable bonds is 5. The van der Waals surface area contributed by atoms with Gasteiger partial charge in [0.25, 0.3) is 5.91 Å². The molecule has 0 bridgehead atoms. The van der Waals surface area contributed by atoms with Crippen LogP contribution in [0.25, 0.3) is 10.9 Å². The SMILES string of the molecule is N=C(NC(=O)c1cccc(C(F)(F)F)c1)N1CCC(C(C(=O)O)N2CCC(c3c[nH]c4ccccc34)CC2)CC1. The number of para-hydroxylation sites is 1. The van der Waals surface area contributed by atoms with Crippen LogP contribution in [0.5, 0.6) is 0 Å². The predicted molar refractivity (Wildman–Crippen MR) is 144 cm³/mol. The number of nitrogens with zero attached hydrogens (tertiary/aromatic N) is 2. The first kappa shape index (κ1) is 27.7. The van der Waals surface area contributed by atoms with E-state index in [1.54, 1.807) is 4.90 Å². The number of likely N-dealkylation sites (tertiary alicyclic amines) is 2. The lowest BCUT2D eigenvalue weighted by Crippen LogP contribution is -2.53. The first-order chi connectivity index (χ1) is 19.1. The van der Waals surface area contributed by atoms with Crippen LogP contribution in [0, 0.1) is 11.3 Å². The summed E-state index contributed by atoms with van der Waals surface area (Å²) in [6.45, 7) is 2.12. The zero-order chi connectivity index (χ0) is 28.4. The largest absolute Gasteiger partial charge is 0.480 e. The third-order valence-electron chi connectivity index (χ3n) is 8.22. The fourth-order valence-corrected chi connectivity index (χ4v) is 6.11. The van der Waals surface area contributed by atoms with Crippen LogP contribution >= 0.6 is 0 Å². The number of hydrogen-bond donors (Lipinski definition) is 4. The number of amides is 1. The summed E-state index contributed by atoms with van der Waals surface area (Å²) < 4.78 is 39.0. The second-order valence-corrected chi connectivity index (χ2v) is 10.6. The number of aromatic nitrogens is 1. The van der Waals surface area contributed by atoms with Crippen molar-refractivity contribution in [1.82, 2.24) is 20.1 Å². The molecule has 1 unspecified atom stereocenters. The molecule has 1 atom stereocenters. The summed E-state index contributed by atoms with van der Waals surface area (Å²) in [6, 6.07) is 11.6. The standard InChI is InChI=1S/C29H32F3N5O3/c30-29(31,32)21-5-3-4-20(16-21)26(38)35-28(33)37-14-10-19(11-15-37)25(27(39)40)36-12-8-18(9-13-36)23-17-34-24-7-2-1-6-22(23)24/h1-7,16-19,25,34H,8-15H2,(H,39,40)(H2,33,35,38). The molecule has 0 saturated carbocycles. The number of benzene rings is 2. The van der Waals surface area contributed by atoms with Crippen molar-refractivity contribution >= 4 is 28.7 Å². The number of alkyl halides is 3. The van der Waals surface area contributed by atoms with Crippen LogP contribution in [0.15, 0.2) is 54.7 Å². The molecule has 0 radical (unpaired) electrons. The van der Waals surface area contributed by atoms with Crippen molar-refractivity contribution in [3.05, 3.63) is 71.4 Å². The molecule has 40 heavy (non-hydrogen) atoms. The minimum atomic E-state index is -4.57. The molecule has 4 N–H and O–H groups in total. The quantitative estimate of drug-likeness (QED) is 0.264. The maximum Gasteiger partial charge on any atom is 0.416 e. The van der Waals surface area contributed by atoms with Gasteiger partial charge in [0.1, 0.15) is 6.04 Å². The molecule has 2 fully saturated rings. The fraction of sp³-hybridized carbons (Fsp3) is 0.414. The molecule has 5 rings (SSSR count). The van der Waals surface area contributed by atoms with Crippen molar-refractivity contribution in [2.24, 2.45) is 5.92 Å². The number of halogens is 3. The van der Waals surface area contributed by atoms with Crippen molar-refractivity contribution in [3.63, 3.8) is 0 Å². The van der Waals surface area contributed by atoms with Crippen LogP contribution < -0.4 is 5.32 Å². The summed E-state index contributed by atoms with van der Waals surface area (Å²) >= 11 is 0. The second kappa shape index (κ2) is 11.3. The Morgan fingerprint density at radius 2 is 1.70 bits per heavy atom. The van der Waals surface area contributed by atoms with Crippen molar-refractivity contribution < 1.29 is 27.9 Å². The number of guanidine groups is 1. The van der Waals surface area contributed by atoms with Crippen molar-refractivity contribution in [3.8, 4) is 0 Å². The van der Waals surface area contributed by atoms with E-state index in [2.05, 4.69) is 33.5 Å². The van der Waals surface area contributed by atoms with Crippen LogP contribution in [0.4, 0.5) is 13.2 Å². The van der Waals surface area contributed by atoms with Gasteiger partial charge in [-0.15, -0.1) is 0 Å². The van der Waals surface area contributed by atoms with Gasteiger partial charge in [0.15, 0.2) is 5.96 Å². The molecule has 2 saturated heterocycles. The lowest BCUT2D eigenvalue weighted by atomic mass is 9.84. The first-order valence-electron chi connectivity index (χ1n) is 13.5. The average Bonchev–Trinajstić information content (AvgIpc) is 3.37. The van der Waals surface area contributed by atoms with Crippen LogP contribution in [0.1, 0.15) is 53.1 Å². The summed E-state index contributed by atoms with van der Waals surface area (Å²) in [5.41, 5.74) is 1.27. The molecule has 0 spiro atoms. The number of nitrogens with one attached hydrogen (secondary N) is 3. The molecule has 3 aromatic rings. The summed E-state index contributed by atoms with van der Waals surface area (Å²) in [7, 11) is 0. The highest BCUT2D eigenvalue weighted by molar-refractivity contribution is 6.05. The van der Waals surface area contributed by atoms with Crippen LogP contribution in [0.2, 0.25) is 0 Å². The van der Waals surface area contributed by atoms with E-state index in [0.717, 1.165) is 36.6 Å². The molecule has 3 heterocycles. The van der Waals surface area contributed by atoms with Gasteiger partial charge in [0.2, 0.25) is 0 Å². The van der Waals surface area contributed by atoms with E-state index >= 15 is 0 Å². The van der Waals surface area contributed by atoms with Crippen LogP contribution in [-0.2, 0) is 11.0 Å². The number of carboxylic acid groups (broad SMARTS) is 1. The van der Waals surface area contributed by atoms with E-state index in [-0.39, 0.29) is 17.4 Å². The Morgan fingerprint density at radius 3 is 2.38 bits per heavy atom. The number of hydrogen-bond acceptors (Lipinski definition) is 4. The number of carboxylic acids is 1. The van der Waals surface area contributed by atoms with Gasteiger partial charge in [-0.3, -0.25) is 25.2 Å². The number of carbonyl (C=O) groups excluding carboxylic acids is 1. The Labute approximate surface area is 229 Å². The van der Waals surface area contributed by atoms with Gasteiger partial charge in [-0.1, -0.05) is 24.3 Å². The summed E-state index contributed by atoms with van der Waals surface area (Å²) in [5, 5.41) is 22.0. The summed E-state index contributed by atoms with van der Waals surface area (Å²) in [5.74, 6) is -1.58. The smallest absolute Gasteiger partial charge is 0.416 e. The molecule has 2 aromatic carbocycles. The maximum atomic E-state index is 13.0. The number of aromatic amines is 1. The van der Waals surface area contributed by atoms with Crippen LogP contribution in [0.3, 0.4) is 0 Å². The zero-order valence-corrected chi connectivity index (χ0v) is 21.9. The van der Waals surface area contributed by atoms with Gasteiger partial charge >= 0.3 is 12.1 Å². The molecule has 1 aromatic heterocycles. The van der Waals surface area contributed by atoms with Crippen molar-refractivity contribution in [1.29, 1.82) is 5.41 Å². The predicted octanol–water partition coefficient (Wildman–Crippen LogP) is 4.90. The van der Waals surface area contributed by atoms with E-state index < -0.39 is 29.7 Å².